The van der Waals surface area contributed by atoms with Crippen LogP contribution >= 0.6 is 39.1 Å². The van der Waals surface area contributed by atoms with Crippen molar-refractivity contribution in [3.63, 3.8) is 0 Å². The molecule has 0 heterocycles. The third kappa shape index (κ3) is 7.34. The summed E-state index contributed by atoms with van der Waals surface area (Å²) in [4.78, 5) is 35.7. The van der Waals surface area contributed by atoms with Gasteiger partial charge in [-0.1, -0.05) is 39.1 Å². The summed E-state index contributed by atoms with van der Waals surface area (Å²) < 4.78 is 5.87. The smallest absolute Gasteiger partial charge is 0.306 e. The maximum Gasteiger partial charge on any atom is 0.306 e. The quantitative estimate of drug-likeness (QED) is 0.506. The first-order valence-corrected chi connectivity index (χ1v) is 10.2. The van der Waals surface area contributed by atoms with Gasteiger partial charge in [0, 0.05) is 22.3 Å². The Morgan fingerprint density at radius 1 is 0.931 bits per heavy atom. The van der Waals surface area contributed by atoms with Crippen molar-refractivity contribution in [3.05, 3.63) is 56.0 Å². The van der Waals surface area contributed by atoms with Crippen molar-refractivity contribution in [1.82, 2.24) is 0 Å². The predicted octanol–water partition coefficient (Wildman–Crippen LogP) is 5.27. The normalized spacial score (nSPS) is 10.4. The Morgan fingerprint density at radius 2 is 1.66 bits per heavy atom. The van der Waals surface area contributed by atoms with Gasteiger partial charge in [-0.05, 0) is 55.3 Å². The zero-order valence-corrected chi connectivity index (χ0v) is 18.9. The Hall–Kier alpha value is -2.09. The zero-order chi connectivity index (χ0) is 21.6. The number of anilines is 2. The highest BCUT2D eigenvalue weighted by Crippen LogP contribution is 2.25. The number of hydrogen-bond acceptors (Lipinski definition) is 4. The molecule has 0 radical (unpaired) electrons. The number of amides is 2. The van der Waals surface area contributed by atoms with Crippen molar-refractivity contribution in [3.8, 4) is 0 Å². The number of benzene rings is 2. The Kier molecular flexibility index (Phi) is 8.49. The minimum Gasteiger partial charge on any atom is -0.456 e. The Balaban J connectivity index is 1.75. The molecule has 2 amide bonds. The molecule has 0 atom stereocenters. The molecule has 2 aromatic carbocycles. The number of esters is 1. The lowest BCUT2D eigenvalue weighted by Crippen LogP contribution is -2.22. The molecule has 0 fully saturated rings. The van der Waals surface area contributed by atoms with Crippen LogP contribution in [0.15, 0.2) is 34.8 Å². The molecule has 0 saturated carbocycles. The first kappa shape index (κ1) is 23.2. The van der Waals surface area contributed by atoms with Gasteiger partial charge in [-0.2, -0.15) is 0 Å². The topological polar surface area (TPSA) is 84.5 Å². The highest BCUT2D eigenvalue weighted by molar-refractivity contribution is 9.10. The van der Waals surface area contributed by atoms with E-state index in [1.165, 1.54) is 6.07 Å². The molecule has 0 aliphatic carbocycles. The Bertz CT molecular complexity index is 950. The SMILES string of the molecule is Cc1cc(NC(=O)COC(=O)CCC(=O)Nc2ccc(Cl)c(Cl)c2)c(C)cc1Br. The van der Waals surface area contributed by atoms with Crippen LogP contribution in [0.2, 0.25) is 10.0 Å². The van der Waals surface area contributed by atoms with Crippen LogP contribution in [0.5, 0.6) is 0 Å². The van der Waals surface area contributed by atoms with E-state index in [-0.39, 0.29) is 18.7 Å². The fraction of sp³-hybridized carbons (Fsp3) is 0.250. The summed E-state index contributed by atoms with van der Waals surface area (Å²) in [7, 11) is 0. The molecule has 0 unspecified atom stereocenters. The van der Waals surface area contributed by atoms with Crippen molar-refractivity contribution in [2.75, 3.05) is 17.2 Å². The van der Waals surface area contributed by atoms with Crippen LogP contribution in [0.4, 0.5) is 11.4 Å². The van der Waals surface area contributed by atoms with E-state index in [0.717, 1.165) is 15.6 Å². The molecule has 9 heteroatoms. The van der Waals surface area contributed by atoms with Crippen LogP contribution in [-0.4, -0.2) is 24.4 Å². The first-order valence-electron chi connectivity index (χ1n) is 8.63. The summed E-state index contributed by atoms with van der Waals surface area (Å²) in [6, 6.07) is 8.38. The lowest BCUT2D eigenvalue weighted by molar-refractivity contribution is -0.147. The number of carbonyl (C=O) groups excluding carboxylic acids is 3. The molecular weight excluding hydrogens is 483 g/mol. The van der Waals surface area contributed by atoms with Crippen LogP contribution in [-0.2, 0) is 19.1 Å². The van der Waals surface area contributed by atoms with Crippen molar-refractivity contribution in [1.29, 1.82) is 0 Å². The summed E-state index contributed by atoms with van der Waals surface area (Å²) >= 11 is 15.1. The molecule has 0 aliphatic rings. The van der Waals surface area contributed by atoms with Gasteiger partial charge < -0.3 is 15.4 Å². The van der Waals surface area contributed by atoms with Crippen LogP contribution in [0.1, 0.15) is 24.0 Å². The second kappa shape index (κ2) is 10.6. The van der Waals surface area contributed by atoms with Crippen molar-refractivity contribution < 1.29 is 19.1 Å². The van der Waals surface area contributed by atoms with E-state index in [1.807, 2.05) is 26.0 Å². The molecule has 0 aromatic heterocycles. The summed E-state index contributed by atoms with van der Waals surface area (Å²) in [5.74, 6) is -1.48. The van der Waals surface area contributed by atoms with Crippen molar-refractivity contribution >= 4 is 68.3 Å². The van der Waals surface area contributed by atoms with Gasteiger partial charge in [-0.3, -0.25) is 14.4 Å². The van der Waals surface area contributed by atoms with Crippen molar-refractivity contribution in [2.24, 2.45) is 0 Å². The van der Waals surface area contributed by atoms with Gasteiger partial charge in [-0.25, -0.2) is 0 Å². The zero-order valence-electron chi connectivity index (χ0n) is 15.8. The average Bonchev–Trinajstić information content (AvgIpc) is 2.65. The summed E-state index contributed by atoms with van der Waals surface area (Å²) in [5.41, 5.74) is 2.96. The van der Waals surface area contributed by atoms with Crippen LogP contribution in [0.3, 0.4) is 0 Å². The van der Waals surface area contributed by atoms with E-state index < -0.39 is 18.5 Å². The number of carbonyl (C=O) groups is 3. The molecule has 0 aliphatic heterocycles. The predicted molar refractivity (Wildman–Crippen MR) is 118 cm³/mol. The minimum atomic E-state index is -0.645. The number of aryl methyl sites for hydroxylation is 2. The van der Waals surface area contributed by atoms with Crippen molar-refractivity contribution in [2.45, 2.75) is 26.7 Å². The number of nitrogens with one attached hydrogen (secondary N) is 2. The third-order valence-electron chi connectivity index (χ3n) is 3.90. The molecule has 0 saturated heterocycles. The molecule has 6 nitrogen and oxygen atoms in total. The molecule has 29 heavy (non-hydrogen) atoms. The molecule has 2 N–H and O–H groups in total. The van der Waals surface area contributed by atoms with Gasteiger partial charge in [-0.15, -0.1) is 0 Å². The second-order valence-electron chi connectivity index (χ2n) is 6.30. The van der Waals surface area contributed by atoms with E-state index in [2.05, 4.69) is 26.6 Å². The van der Waals surface area contributed by atoms with Gasteiger partial charge in [0.1, 0.15) is 0 Å². The van der Waals surface area contributed by atoms with E-state index >= 15 is 0 Å². The lowest BCUT2D eigenvalue weighted by Gasteiger charge is -2.11. The van der Waals surface area contributed by atoms with Gasteiger partial charge in [0.05, 0.1) is 16.5 Å². The summed E-state index contributed by atoms with van der Waals surface area (Å²) in [5, 5.41) is 5.99. The Labute approximate surface area is 187 Å². The Morgan fingerprint density at radius 3 is 2.34 bits per heavy atom. The monoisotopic (exact) mass is 500 g/mol. The molecule has 2 rings (SSSR count). The van der Waals surface area contributed by atoms with Crippen LogP contribution in [0.25, 0.3) is 0 Å². The summed E-state index contributed by atoms with van der Waals surface area (Å²) in [6.45, 7) is 3.34. The molecule has 0 spiro atoms. The number of ether oxygens (including phenoxy) is 1. The number of hydrogen-bond donors (Lipinski definition) is 2. The molecular formula is C20H19BrCl2N2O4. The van der Waals surface area contributed by atoms with E-state index in [4.69, 9.17) is 27.9 Å². The fourth-order valence-corrected chi connectivity index (χ4v) is 3.09. The summed E-state index contributed by atoms with van der Waals surface area (Å²) in [6.07, 6.45) is -0.247. The van der Waals surface area contributed by atoms with Gasteiger partial charge in [0.15, 0.2) is 6.61 Å². The highest BCUT2D eigenvalue weighted by atomic mass is 79.9. The fourth-order valence-electron chi connectivity index (χ4n) is 2.33. The first-order chi connectivity index (χ1) is 13.7. The number of halogens is 3. The largest absolute Gasteiger partial charge is 0.456 e. The lowest BCUT2D eigenvalue weighted by atomic mass is 10.1. The molecule has 154 valence electrons. The third-order valence-corrected chi connectivity index (χ3v) is 5.50. The van der Waals surface area contributed by atoms with Crippen LogP contribution < -0.4 is 10.6 Å². The maximum absolute atomic E-state index is 12.0. The van der Waals surface area contributed by atoms with E-state index in [1.54, 1.807) is 12.1 Å². The van der Waals surface area contributed by atoms with Gasteiger partial charge in [0.2, 0.25) is 5.91 Å². The second-order valence-corrected chi connectivity index (χ2v) is 7.97. The maximum atomic E-state index is 12.0. The van der Waals surface area contributed by atoms with E-state index in [9.17, 15) is 14.4 Å². The standard InChI is InChI=1S/C20H19BrCl2N2O4/c1-11-8-17(12(2)7-14(11)21)25-19(27)10-29-20(28)6-5-18(26)24-13-3-4-15(22)16(23)9-13/h3-4,7-9H,5-6,10H2,1-2H3,(H,24,26)(H,25,27). The molecule has 0 bridgehead atoms. The highest BCUT2D eigenvalue weighted by Gasteiger charge is 2.12. The minimum absolute atomic E-state index is 0.0916. The van der Waals surface area contributed by atoms with Gasteiger partial charge >= 0.3 is 5.97 Å². The number of rotatable bonds is 7. The molecule has 2 aromatic rings. The average molecular weight is 502 g/mol. The van der Waals surface area contributed by atoms with Crippen LogP contribution in [0, 0.1) is 13.8 Å². The van der Waals surface area contributed by atoms with Gasteiger partial charge in [0.25, 0.3) is 5.91 Å². The van der Waals surface area contributed by atoms with E-state index in [0.29, 0.717) is 21.4 Å².